The van der Waals surface area contributed by atoms with E-state index in [1.54, 1.807) is 29.4 Å². The zero-order valence-electron chi connectivity index (χ0n) is 9.46. The highest BCUT2D eigenvalue weighted by Crippen LogP contribution is 2.16. The van der Waals surface area contributed by atoms with E-state index in [4.69, 9.17) is 0 Å². The minimum Gasteiger partial charge on any atom is -0.337 e. The van der Waals surface area contributed by atoms with Crippen LogP contribution in [0, 0.1) is 0 Å². The van der Waals surface area contributed by atoms with E-state index in [2.05, 4.69) is 18.0 Å². The predicted octanol–water partition coefficient (Wildman–Crippen LogP) is 3.31. The molecule has 0 spiro atoms. The number of rotatable bonds is 3. The summed E-state index contributed by atoms with van der Waals surface area (Å²) in [6.07, 6.45) is 0. The lowest BCUT2D eigenvalue weighted by atomic mass is 10.2. The Bertz CT molecular complexity index is 508. The quantitative estimate of drug-likeness (QED) is 0.842. The van der Waals surface area contributed by atoms with E-state index < -0.39 is 0 Å². The predicted molar refractivity (Wildman–Crippen MR) is 73.8 cm³/mol. The van der Waals surface area contributed by atoms with Gasteiger partial charge in [0.05, 0.1) is 5.56 Å². The maximum absolute atomic E-state index is 12.2. The maximum atomic E-state index is 12.2. The first-order valence-electron chi connectivity index (χ1n) is 5.23. The van der Waals surface area contributed by atoms with Crippen molar-refractivity contribution in [3.63, 3.8) is 0 Å². The van der Waals surface area contributed by atoms with E-state index in [1.807, 2.05) is 29.6 Å². The number of hydrogen-bond donors (Lipinski definition) is 1. The van der Waals surface area contributed by atoms with Gasteiger partial charge in [0.1, 0.15) is 0 Å². The van der Waals surface area contributed by atoms with Crippen molar-refractivity contribution in [1.29, 1.82) is 0 Å². The lowest BCUT2D eigenvalue weighted by Gasteiger charge is -2.17. The van der Waals surface area contributed by atoms with Crippen LogP contribution in [0.3, 0.4) is 0 Å². The molecule has 0 N–H and O–H groups in total. The summed E-state index contributed by atoms with van der Waals surface area (Å²) in [4.78, 5) is 14.6. The molecule has 1 aromatic carbocycles. The fraction of sp³-hybridized carbons (Fsp3) is 0.154. The van der Waals surface area contributed by atoms with Gasteiger partial charge in [0.15, 0.2) is 0 Å². The molecular weight excluding hydrogens is 250 g/mol. The number of carbonyl (C=O) groups is 1. The molecule has 0 saturated heterocycles. The minimum absolute atomic E-state index is 0.00167. The van der Waals surface area contributed by atoms with Gasteiger partial charge in [0, 0.05) is 18.5 Å². The van der Waals surface area contributed by atoms with Crippen molar-refractivity contribution in [3.05, 3.63) is 52.2 Å². The summed E-state index contributed by atoms with van der Waals surface area (Å²) in [5.74, 6) is 0.00167. The van der Waals surface area contributed by atoms with E-state index in [1.165, 1.54) is 0 Å². The minimum atomic E-state index is 0.00167. The van der Waals surface area contributed by atoms with E-state index in [9.17, 15) is 4.79 Å². The van der Waals surface area contributed by atoms with Crippen molar-refractivity contribution in [2.75, 3.05) is 7.05 Å². The molecule has 2 aromatic rings. The lowest BCUT2D eigenvalue weighted by Crippen LogP contribution is -2.26. The van der Waals surface area contributed by atoms with E-state index in [-0.39, 0.29) is 5.91 Å². The van der Waals surface area contributed by atoms with Gasteiger partial charge in [0.2, 0.25) is 0 Å². The summed E-state index contributed by atoms with van der Waals surface area (Å²) in [6, 6.07) is 9.38. The first-order chi connectivity index (χ1) is 8.18. The number of carbonyl (C=O) groups excluding carboxylic acids is 1. The van der Waals surface area contributed by atoms with E-state index in [0.717, 1.165) is 10.5 Å². The van der Waals surface area contributed by atoms with Crippen molar-refractivity contribution in [3.8, 4) is 0 Å². The van der Waals surface area contributed by atoms with Gasteiger partial charge in [-0.25, -0.2) is 0 Å². The van der Waals surface area contributed by atoms with Crippen LogP contribution in [0.15, 0.2) is 46.0 Å². The van der Waals surface area contributed by atoms with Crippen LogP contribution in [-0.2, 0) is 6.54 Å². The molecule has 0 saturated carbocycles. The summed E-state index contributed by atoms with van der Waals surface area (Å²) in [5.41, 5.74) is 1.80. The van der Waals surface area contributed by atoms with E-state index >= 15 is 0 Å². The third kappa shape index (κ3) is 2.90. The summed E-state index contributed by atoms with van der Waals surface area (Å²) < 4.78 is 0. The van der Waals surface area contributed by atoms with Crippen LogP contribution >= 0.6 is 24.0 Å². The molecule has 0 fully saturated rings. The Morgan fingerprint density at radius 1 is 1.35 bits per heavy atom. The lowest BCUT2D eigenvalue weighted by molar-refractivity contribution is 0.0782. The second-order valence-corrected chi connectivity index (χ2v) is 5.07. The van der Waals surface area contributed by atoms with Crippen molar-refractivity contribution in [1.82, 2.24) is 4.90 Å². The monoisotopic (exact) mass is 263 g/mol. The van der Waals surface area contributed by atoms with Crippen LogP contribution in [0.2, 0.25) is 0 Å². The molecule has 88 valence electrons. The molecule has 0 atom stereocenters. The van der Waals surface area contributed by atoms with Gasteiger partial charge in [0.25, 0.3) is 5.91 Å². The highest BCUT2D eigenvalue weighted by molar-refractivity contribution is 7.80. The number of hydrogen-bond acceptors (Lipinski definition) is 3. The normalized spacial score (nSPS) is 10.2. The summed E-state index contributed by atoms with van der Waals surface area (Å²) in [7, 11) is 1.81. The number of amides is 1. The highest BCUT2D eigenvalue weighted by Gasteiger charge is 2.14. The second kappa shape index (κ2) is 5.38. The zero-order valence-corrected chi connectivity index (χ0v) is 11.2. The van der Waals surface area contributed by atoms with Crippen LogP contribution in [0.1, 0.15) is 15.9 Å². The molecule has 0 bridgehead atoms. The number of thiophene rings is 1. The molecular formula is C13H13NOS2. The zero-order chi connectivity index (χ0) is 12.3. The molecule has 1 aromatic heterocycles. The maximum Gasteiger partial charge on any atom is 0.255 e. The van der Waals surface area contributed by atoms with Gasteiger partial charge in [-0.15, -0.1) is 12.6 Å². The van der Waals surface area contributed by atoms with Crippen molar-refractivity contribution in [2.45, 2.75) is 11.4 Å². The Kier molecular flexibility index (Phi) is 3.86. The first kappa shape index (κ1) is 12.2. The molecule has 0 unspecified atom stereocenters. The SMILES string of the molecule is CN(Cc1ccsc1)C(=O)c1ccccc1S. The third-order valence-corrected chi connectivity index (χ3v) is 3.60. The molecule has 0 aliphatic heterocycles. The summed E-state index contributed by atoms with van der Waals surface area (Å²) >= 11 is 5.94. The van der Waals surface area contributed by atoms with Crippen LogP contribution in [-0.4, -0.2) is 17.9 Å². The number of benzene rings is 1. The molecule has 2 nitrogen and oxygen atoms in total. The molecule has 2 rings (SSSR count). The average Bonchev–Trinajstić information content (AvgIpc) is 2.81. The van der Waals surface area contributed by atoms with Crippen molar-refractivity contribution in [2.24, 2.45) is 0 Å². The largest absolute Gasteiger partial charge is 0.337 e. The topological polar surface area (TPSA) is 20.3 Å². The fourth-order valence-electron chi connectivity index (χ4n) is 1.59. The Hall–Kier alpha value is -1.26. The number of nitrogens with zero attached hydrogens (tertiary/aromatic N) is 1. The Morgan fingerprint density at radius 2 is 2.12 bits per heavy atom. The van der Waals surface area contributed by atoms with Crippen LogP contribution in [0.5, 0.6) is 0 Å². The molecule has 17 heavy (non-hydrogen) atoms. The van der Waals surface area contributed by atoms with Crippen molar-refractivity contribution >= 4 is 29.9 Å². The second-order valence-electron chi connectivity index (χ2n) is 3.81. The Labute approximate surface area is 110 Å². The molecule has 0 aliphatic carbocycles. The molecule has 4 heteroatoms. The summed E-state index contributed by atoms with van der Waals surface area (Å²) in [5, 5.41) is 4.07. The fourth-order valence-corrected chi connectivity index (χ4v) is 2.50. The van der Waals surface area contributed by atoms with Gasteiger partial charge < -0.3 is 4.90 Å². The molecule has 1 heterocycles. The number of thiol groups is 1. The molecule has 0 radical (unpaired) electrons. The van der Waals surface area contributed by atoms with E-state index in [0.29, 0.717) is 12.1 Å². The molecule has 1 amide bonds. The summed E-state index contributed by atoms with van der Waals surface area (Å²) in [6.45, 7) is 0.629. The first-order valence-corrected chi connectivity index (χ1v) is 6.62. The standard InChI is InChI=1S/C13H13NOS2/c1-14(8-10-6-7-17-9-10)13(15)11-4-2-3-5-12(11)16/h2-7,9,16H,8H2,1H3. The third-order valence-electron chi connectivity index (χ3n) is 2.48. The Morgan fingerprint density at radius 3 is 2.76 bits per heavy atom. The average molecular weight is 263 g/mol. The van der Waals surface area contributed by atoms with Gasteiger partial charge in [-0.2, -0.15) is 11.3 Å². The van der Waals surface area contributed by atoms with Gasteiger partial charge >= 0.3 is 0 Å². The highest BCUT2D eigenvalue weighted by atomic mass is 32.1. The van der Waals surface area contributed by atoms with Crippen molar-refractivity contribution < 1.29 is 4.79 Å². The van der Waals surface area contributed by atoms with Crippen LogP contribution in [0.4, 0.5) is 0 Å². The van der Waals surface area contributed by atoms with Gasteiger partial charge in [-0.1, -0.05) is 12.1 Å². The van der Waals surface area contributed by atoms with Gasteiger partial charge in [-0.05, 0) is 34.5 Å². The smallest absolute Gasteiger partial charge is 0.255 e. The van der Waals surface area contributed by atoms with Crippen LogP contribution in [0.25, 0.3) is 0 Å². The molecule has 0 aliphatic rings. The Balaban J connectivity index is 2.13. The van der Waals surface area contributed by atoms with Crippen LogP contribution < -0.4 is 0 Å². The van der Waals surface area contributed by atoms with Gasteiger partial charge in [-0.3, -0.25) is 4.79 Å².